The lowest BCUT2D eigenvalue weighted by atomic mass is 10.1. The molecule has 0 radical (unpaired) electrons. The molecule has 0 fully saturated rings. The van der Waals surface area contributed by atoms with E-state index in [2.05, 4.69) is 30.7 Å². The molecule has 0 aliphatic heterocycles. The molecular formula is C26H38N2O3. The van der Waals surface area contributed by atoms with E-state index in [0.717, 1.165) is 30.0 Å². The van der Waals surface area contributed by atoms with Crippen molar-refractivity contribution in [2.45, 2.75) is 85.2 Å². The number of carbonyl (C=O) groups excluding carboxylic acids is 1. The first-order valence-electron chi connectivity index (χ1n) is 11.7. The summed E-state index contributed by atoms with van der Waals surface area (Å²) < 4.78 is 11.2. The number of hydrogen-bond donors (Lipinski definition) is 0. The summed E-state index contributed by atoms with van der Waals surface area (Å²) >= 11 is 0. The minimum Gasteiger partial charge on any atom is -0.490 e. The van der Waals surface area contributed by atoms with Gasteiger partial charge >= 0.3 is 5.97 Å². The Balaban J connectivity index is 1.83. The third kappa shape index (κ3) is 9.95. The number of rotatable bonds is 14. The fraction of sp³-hybridized carbons (Fsp3) is 0.577. The minimum absolute atomic E-state index is 0.236. The molecule has 1 aromatic heterocycles. The van der Waals surface area contributed by atoms with Crippen molar-refractivity contribution in [2.75, 3.05) is 6.61 Å². The quantitative estimate of drug-likeness (QED) is 0.258. The van der Waals surface area contributed by atoms with Gasteiger partial charge in [-0.1, -0.05) is 52.9 Å². The smallest absolute Gasteiger partial charge is 0.303 e. The zero-order valence-corrected chi connectivity index (χ0v) is 19.6. The summed E-state index contributed by atoms with van der Waals surface area (Å²) in [5.74, 6) is 1.61. The van der Waals surface area contributed by atoms with E-state index in [1.54, 1.807) is 0 Å². The van der Waals surface area contributed by atoms with Crippen LogP contribution < -0.4 is 4.74 Å². The number of aromatic nitrogens is 2. The average molecular weight is 427 g/mol. The molecule has 0 bridgehead atoms. The third-order valence-corrected chi connectivity index (χ3v) is 5.14. The van der Waals surface area contributed by atoms with E-state index >= 15 is 0 Å². The number of esters is 1. The van der Waals surface area contributed by atoms with Gasteiger partial charge in [-0.05, 0) is 55.0 Å². The molecule has 2 rings (SSSR count). The van der Waals surface area contributed by atoms with Crippen molar-refractivity contribution in [3.05, 3.63) is 42.2 Å². The van der Waals surface area contributed by atoms with E-state index in [0.29, 0.717) is 12.5 Å². The fourth-order valence-corrected chi connectivity index (χ4v) is 3.54. The lowest BCUT2D eigenvalue weighted by Crippen LogP contribution is -2.25. The van der Waals surface area contributed by atoms with Crippen LogP contribution in [0.4, 0.5) is 0 Å². The summed E-state index contributed by atoms with van der Waals surface area (Å²) in [5.41, 5.74) is 2.15. The van der Waals surface area contributed by atoms with Crippen LogP contribution in [-0.4, -0.2) is 28.6 Å². The van der Waals surface area contributed by atoms with Gasteiger partial charge in [0.25, 0.3) is 0 Å². The highest BCUT2D eigenvalue weighted by Gasteiger charge is 2.15. The Kier molecular flexibility index (Phi) is 11.0. The largest absolute Gasteiger partial charge is 0.490 e. The second-order valence-corrected chi connectivity index (χ2v) is 8.63. The number of hydrogen-bond acceptors (Lipinski definition) is 5. The van der Waals surface area contributed by atoms with E-state index < -0.39 is 0 Å². The van der Waals surface area contributed by atoms with Crippen LogP contribution in [0.5, 0.6) is 5.75 Å². The molecule has 2 aromatic rings. The molecule has 170 valence electrons. The lowest BCUT2D eigenvalue weighted by molar-refractivity contribution is -0.148. The van der Waals surface area contributed by atoms with Gasteiger partial charge in [-0.3, -0.25) is 4.79 Å². The number of carbonyl (C=O) groups is 1. The van der Waals surface area contributed by atoms with Crippen LogP contribution in [-0.2, 0) is 16.0 Å². The zero-order valence-electron chi connectivity index (χ0n) is 19.6. The van der Waals surface area contributed by atoms with Crippen LogP contribution in [0.1, 0.15) is 78.2 Å². The van der Waals surface area contributed by atoms with Gasteiger partial charge in [-0.25, -0.2) is 9.97 Å². The van der Waals surface area contributed by atoms with Crippen LogP contribution in [0.15, 0.2) is 36.7 Å². The fourth-order valence-electron chi connectivity index (χ4n) is 3.54. The normalized spacial score (nSPS) is 12.0. The standard InChI is InChI=1S/C26H38N2O3/c1-5-6-7-8-9-10-11-22-17-27-26(28-18-22)23-12-14-24(15-13-23)30-19-25(16-20(2)3)31-21(4)29/h12-15,17-18,20,25H,5-11,16,19H2,1-4H3/t25-/m0/s1. The van der Waals surface area contributed by atoms with Gasteiger partial charge in [0.1, 0.15) is 18.5 Å². The Morgan fingerprint density at radius 1 is 0.968 bits per heavy atom. The molecule has 31 heavy (non-hydrogen) atoms. The van der Waals surface area contributed by atoms with Crippen molar-refractivity contribution >= 4 is 5.97 Å². The third-order valence-electron chi connectivity index (χ3n) is 5.14. The summed E-state index contributed by atoms with van der Waals surface area (Å²) in [6.45, 7) is 8.23. The summed E-state index contributed by atoms with van der Waals surface area (Å²) in [6.07, 6.45) is 13.2. The molecule has 0 saturated carbocycles. The number of aryl methyl sites for hydroxylation is 1. The van der Waals surface area contributed by atoms with Crippen LogP contribution in [0, 0.1) is 5.92 Å². The predicted molar refractivity (Wildman–Crippen MR) is 125 cm³/mol. The Morgan fingerprint density at radius 2 is 1.61 bits per heavy atom. The maximum atomic E-state index is 11.3. The topological polar surface area (TPSA) is 61.3 Å². The summed E-state index contributed by atoms with van der Waals surface area (Å²) in [5, 5.41) is 0. The van der Waals surface area contributed by atoms with Crippen LogP contribution in [0.25, 0.3) is 11.4 Å². The summed E-state index contributed by atoms with van der Waals surface area (Å²) in [7, 11) is 0. The van der Waals surface area contributed by atoms with E-state index in [4.69, 9.17) is 9.47 Å². The molecule has 5 nitrogen and oxygen atoms in total. The molecule has 0 N–H and O–H groups in total. The minimum atomic E-state index is -0.276. The Hall–Kier alpha value is -2.43. The number of nitrogens with zero attached hydrogens (tertiary/aromatic N) is 2. The van der Waals surface area contributed by atoms with Crippen molar-refractivity contribution in [3.63, 3.8) is 0 Å². The molecule has 0 unspecified atom stereocenters. The summed E-state index contributed by atoms with van der Waals surface area (Å²) in [6, 6.07) is 7.73. The molecule has 0 spiro atoms. The van der Waals surface area contributed by atoms with Crippen molar-refractivity contribution < 1.29 is 14.3 Å². The molecule has 1 atom stereocenters. The first-order chi connectivity index (χ1) is 15.0. The van der Waals surface area contributed by atoms with Gasteiger partial charge in [0, 0.05) is 24.9 Å². The first-order valence-corrected chi connectivity index (χ1v) is 11.7. The van der Waals surface area contributed by atoms with Gasteiger partial charge in [0.05, 0.1) is 0 Å². The van der Waals surface area contributed by atoms with Gasteiger partial charge in [0.15, 0.2) is 5.82 Å². The second-order valence-electron chi connectivity index (χ2n) is 8.63. The van der Waals surface area contributed by atoms with Crippen molar-refractivity contribution in [2.24, 2.45) is 5.92 Å². The van der Waals surface area contributed by atoms with E-state index in [1.807, 2.05) is 36.7 Å². The molecule has 1 heterocycles. The SMILES string of the molecule is CCCCCCCCc1cnc(-c2ccc(OC[C@H](CC(C)C)OC(C)=O)cc2)nc1. The molecule has 0 amide bonds. The molecule has 1 aromatic carbocycles. The number of benzene rings is 1. The first kappa shape index (κ1) is 24.8. The highest BCUT2D eigenvalue weighted by molar-refractivity contribution is 5.66. The van der Waals surface area contributed by atoms with Crippen molar-refractivity contribution in [1.82, 2.24) is 9.97 Å². The summed E-state index contributed by atoms with van der Waals surface area (Å²) in [4.78, 5) is 20.4. The molecule has 0 aliphatic carbocycles. The van der Waals surface area contributed by atoms with Crippen molar-refractivity contribution in [1.29, 1.82) is 0 Å². The average Bonchev–Trinajstić information content (AvgIpc) is 2.74. The Morgan fingerprint density at radius 3 is 2.23 bits per heavy atom. The van der Waals surface area contributed by atoms with Gasteiger partial charge < -0.3 is 9.47 Å². The van der Waals surface area contributed by atoms with Gasteiger partial charge in [0.2, 0.25) is 0 Å². The van der Waals surface area contributed by atoms with Crippen LogP contribution in [0.2, 0.25) is 0 Å². The van der Waals surface area contributed by atoms with Gasteiger partial charge in [-0.2, -0.15) is 0 Å². The predicted octanol–water partition coefficient (Wildman–Crippen LogP) is 6.40. The highest BCUT2D eigenvalue weighted by atomic mass is 16.6. The maximum absolute atomic E-state index is 11.3. The van der Waals surface area contributed by atoms with Gasteiger partial charge in [-0.15, -0.1) is 0 Å². The number of ether oxygens (including phenoxy) is 2. The number of unbranched alkanes of at least 4 members (excludes halogenated alkanes) is 5. The highest BCUT2D eigenvalue weighted by Crippen LogP contribution is 2.20. The van der Waals surface area contributed by atoms with Crippen LogP contribution >= 0.6 is 0 Å². The molecular weight excluding hydrogens is 388 g/mol. The molecule has 0 aliphatic rings. The Labute approximate surface area is 187 Å². The van der Waals surface area contributed by atoms with E-state index in [-0.39, 0.29) is 12.1 Å². The maximum Gasteiger partial charge on any atom is 0.303 e. The molecule has 5 heteroatoms. The Bertz CT molecular complexity index is 757. The van der Waals surface area contributed by atoms with E-state index in [1.165, 1.54) is 51.0 Å². The van der Waals surface area contributed by atoms with E-state index in [9.17, 15) is 4.79 Å². The monoisotopic (exact) mass is 426 g/mol. The lowest BCUT2D eigenvalue weighted by Gasteiger charge is -2.19. The second kappa shape index (κ2) is 13.8. The van der Waals surface area contributed by atoms with Crippen LogP contribution in [0.3, 0.4) is 0 Å². The molecule has 0 saturated heterocycles. The van der Waals surface area contributed by atoms with Crippen molar-refractivity contribution in [3.8, 4) is 17.1 Å². The zero-order chi connectivity index (χ0) is 22.5.